The zero-order valence-electron chi connectivity index (χ0n) is 12.4. The Bertz CT molecular complexity index is 944. The third kappa shape index (κ3) is 2.72. The summed E-state index contributed by atoms with van der Waals surface area (Å²) >= 11 is 0. The molecule has 6 nitrogen and oxygen atoms in total. The number of Topliss-reactive ketones (excluding diaryl/α,β-unsaturated/α-hetero) is 1. The highest BCUT2D eigenvalue weighted by molar-refractivity contribution is 5.97. The number of H-pyrrole nitrogens is 1. The number of rotatable bonds is 4. The van der Waals surface area contributed by atoms with Gasteiger partial charge in [0.15, 0.2) is 5.78 Å². The number of hydrogen-bond acceptors (Lipinski definition) is 4. The van der Waals surface area contributed by atoms with Crippen molar-refractivity contribution in [2.24, 2.45) is 0 Å². The lowest BCUT2D eigenvalue weighted by atomic mass is 10.2. The van der Waals surface area contributed by atoms with Gasteiger partial charge in [-0.3, -0.25) is 4.79 Å². The molecule has 0 spiro atoms. The number of ether oxygens (including phenoxy) is 1. The Morgan fingerprint density at radius 2 is 2.22 bits per heavy atom. The molecule has 0 radical (unpaired) electrons. The molecule has 0 fully saturated rings. The molecule has 0 bridgehead atoms. The Balaban J connectivity index is 1.79. The van der Waals surface area contributed by atoms with Gasteiger partial charge < -0.3 is 14.1 Å². The van der Waals surface area contributed by atoms with Gasteiger partial charge in [0.2, 0.25) is 0 Å². The molecule has 23 heavy (non-hydrogen) atoms. The first-order chi connectivity index (χ1) is 11.1. The molecule has 0 saturated carbocycles. The molecule has 0 atom stereocenters. The number of carbonyl (C=O) groups is 2. The Morgan fingerprint density at radius 3 is 2.91 bits per heavy atom. The summed E-state index contributed by atoms with van der Waals surface area (Å²) in [6.07, 6.45) is 5.05. The topological polar surface area (TPSA) is 87.4 Å². The van der Waals surface area contributed by atoms with Crippen LogP contribution in [0, 0.1) is 11.3 Å². The second-order valence-corrected chi connectivity index (χ2v) is 5.07. The maximum atomic E-state index is 12.0. The van der Waals surface area contributed by atoms with E-state index >= 15 is 0 Å². The van der Waals surface area contributed by atoms with Crippen molar-refractivity contribution in [3.05, 3.63) is 65.2 Å². The third-order valence-corrected chi connectivity index (χ3v) is 3.54. The number of aromatic amines is 1. The van der Waals surface area contributed by atoms with Crippen LogP contribution in [0.1, 0.15) is 38.9 Å². The van der Waals surface area contributed by atoms with Crippen molar-refractivity contribution < 1.29 is 14.3 Å². The molecule has 0 unspecified atom stereocenters. The molecule has 0 aliphatic rings. The number of nitrogens with one attached hydrogen (secondary N) is 1. The maximum absolute atomic E-state index is 12.0. The van der Waals surface area contributed by atoms with E-state index < -0.39 is 5.97 Å². The van der Waals surface area contributed by atoms with Gasteiger partial charge in [0.25, 0.3) is 0 Å². The SMILES string of the molecule is CC(=O)c1c[nH]c(C(=O)OCc2cn3ccccc3c2C#N)c1. The molecule has 6 heteroatoms. The molecule has 0 aliphatic carbocycles. The summed E-state index contributed by atoms with van der Waals surface area (Å²) in [5, 5.41) is 9.30. The minimum atomic E-state index is -0.573. The van der Waals surface area contributed by atoms with E-state index in [9.17, 15) is 14.9 Å². The van der Waals surface area contributed by atoms with E-state index in [-0.39, 0.29) is 18.1 Å². The third-order valence-electron chi connectivity index (χ3n) is 3.54. The lowest BCUT2D eigenvalue weighted by Gasteiger charge is -2.01. The molecule has 0 aromatic carbocycles. The average molecular weight is 307 g/mol. The molecule has 3 aromatic heterocycles. The van der Waals surface area contributed by atoms with Gasteiger partial charge >= 0.3 is 5.97 Å². The van der Waals surface area contributed by atoms with E-state index in [1.165, 1.54) is 19.2 Å². The first-order valence-electron chi connectivity index (χ1n) is 6.95. The number of nitriles is 1. The van der Waals surface area contributed by atoms with Crippen LogP contribution < -0.4 is 0 Å². The smallest absolute Gasteiger partial charge is 0.355 e. The number of pyridine rings is 1. The fourth-order valence-electron chi connectivity index (χ4n) is 2.35. The van der Waals surface area contributed by atoms with Gasteiger partial charge in [-0.05, 0) is 25.1 Å². The van der Waals surface area contributed by atoms with Crippen molar-refractivity contribution in [2.75, 3.05) is 0 Å². The van der Waals surface area contributed by atoms with E-state index in [1.54, 1.807) is 6.20 Å². The van der Waals surface area contributed by atoms with Crippen LogP contribution in [0.4, 0.5) is 0 Å². The van der Waals surface area contributed by atoms with Crippen LogP contribution in [-0.2, 0) is 11.3 Å². The summed E-state index contributed by atoms with van der Waals surface area (Å²) in [7, 11) is 0. The van der Waals surface area contributed by atoms with Crippen molar-refractivity contribution in [3.8, 4) is 6.07 Å². The van der Waals surface area contributed by atoms with Crippen LogP contribution in [0.15, 0.2) is 42.9 Å². The Morgan fingerprint density at radius 1 is 1.39 bits per heavy atom. The normalized spacial score (nSPS) is 10.4. The zero-order valence-corrected chi connectivity index (χ0v) is 12.4. The Labute approximate surface area is 131 Å². The highest BCUT2D eigenvalue weighted by atomic mass is 16.5. The summed E-state index contributed by atoms with van der Waals surface area (Å²) in [5.41, 5.74) is 2.50. The van der Waals surface area contributed by atoms with Crippen molar-refractivity contribution >= 4 is 17.3 Å². The first kappa shape index (κ1) is 14.6. The number of hydrogen-bond donors (Lipinski definition) is 1. The van der Waals surface area contributed by atoms with Crippen molar-refractivity contribution in [1.29, 1.82) is 5.26 Å². The highest BCUT2D eigenvalue weighted by Gasteiger charge is 2.15. The van der Waals surface area contributed by atoms with Crippen LogP contribution >= 0.6 is 0 Å². The summed E-state index contributed by atoms with van der Waals surface area (Å²) in [6.45, 7) is 1.40. The Hall–Kier alpha value is -3.33. The van der Waals surface area contributed by atoms with Gasteiger partial charge in [0.05, 0.1) is 11.1 Å². The van der Waals surface area contributed by atoms with Gasteiger partial charge in [-0.25, -0.2) is 4.79 Å². The van der Waals surface area contributed by atoms with Gasteiger partial charge in [0, 0.05) is 29.7 Å². The number of fused-ring (bicyclic) bond motifs is 1. The summed E-state index contributed by atoms with van der Waals surface area (Å²) in [4.78, 5) is 26.0. The number of aromatic nitrogens is 2. The minimum absolute atomic E-state index is 0.0160. The van der Waals surface area contributed by atoms with Crippen LogP contribution in [-0.4, -0.2) is 21.1 Å². The fourth-order valence-corrected chi connectivity index (χ4v) is 2.35. The monoisotopic (exact) mass is 307 g/mol. The van der Waals surface area contributed by atoms with Gasteiger partial charge in [0.1, 0.15) is 18.4 Å². The molecule has 0 aliphatic heterocycles. The highest BCUT2D eigenvalue weighted by Crippen LogP contribution is 2.19. The molecule has 3 heterocycles. The van der Waals surface area contributed by atoms with E-state index in [4.69, 9.17) is 4.74 Å². The van der Waals surface area contributed by atoms with Crippen LogP contribution in [0.3, 0.4) is 0 Å². The summed E-state index contributed by atoms with van der Waals surface area (Å²) < 4.78 is 7.04. The van der Waals surface area contributed by atoms with E-state index in [0.717, 1.165) is 5.52 Å². The lowest BCUT2D eigenvalue weighted by Crippen LogP contribution is -2.05. The van der Waals surface area contributed by atoms with Crippen molar-refractivity contribution in [1.82, 2.24) is 9.38 Å². The molecule has 1 N–H and O–H groups in total. The number of nitrogens with zero attached hydrogens (tertiary/aromatic N) is 2. The molecule has 0 saturated heterocycles. The minimum Gasteiger partial charge on any atom is -0.456 e. The second-order valence-electron chi connectivity index (χ2n) is 5.07. The summed E-state index contributed by atoms with van der Waals surface area (Å²) in [5.74, 6) is -0.706. The van der Waals surface area contributed by atoms with Gasteiger partial charge in [-0.15, -0.1) is 0 Å². The summed E-state index contributed by atoms with van der Waals surface area (Å²) in [6, 6.07) is 9.11. The zero-order chi connectivity index (χ0) is 16.4. The van der Waals surface area contributed by atoms with Crippen LogP contribution in [0.25, 0.3) is 5.52 Å². The lowest BCUT2D eigenvalue weighted by molar-refractivity contribution is 0.0466. The molecule has 3 aromatic rings. The van der Waals surface area contributed by atoms with Crippen LogP contribution in [0.2, 0.25) is 0 Å². The van der Waals surface area contributed by atoms with Crippen molar-refractivity contribution in [2.45, 2.75) is 13.5 Å². The van der Waals surface area contributed by atoms with Gasteiger partial charge in [-0.2, -0.15) is 5.26 Å². The molecule has 0 amide bonds. The van der Waals surface area contributed by atoms with E-state index in [0.29, 0.717) is 16.7 Å². The quantitative estimate of drug-likeness (QED) is 0.593. The number of esters is 1. The number of carbonyl (C=O) groups excluding carboxylic acids is 2. The predicted molar refractivity (Wildman–Crippen MR) is 82.0 cm³/mol. The van der Waals surface area contributed by atoms with Crippen LogP contribution in [0.5, 0.6) is 0 Å². The Kier molecular flexibility index (Phi) is 3.69. The largest absolute Gasteiger partial charge is 0.456 e. The van der Waals surface area contributed by atoms with E-state index in [2.05, 4.69) is 11.1 Å². The first-order valence-corrected chi connectivity index (χ1v) is 6.95. The second kappa shape index (κ2) is 5.81. The van der Waals surface area contributed by atoms with Crippen molar-refractivity contribution in [3.63, 3.8) is 0 Å². The average Bonchev–Trinajstić information content (AvgIpc) is 3.16. The maximum Gasteiger partial charge on any atom is 0.355 e. The number of ketones is 1. The molecular weight excluding hydrogens is 294 g/mol. The molecule has 3 rings (SSSR count). The molecule has 114 valence electrons. The fraction of sp³-hybridized carbons (Fsp3) is 0.118. The standard InChI is InChI=1S/C17H13N3O3/c1-11(21)12-6-15(19-8-12)17(22)23-10-13-9-20-5-3-2-4-16(20)14(13)7-18/h2-6,8-9,19H,10H2,1H3. The predicted octanol–water partition coefficient (Wildman–Crippen LogP) is 2.70. The van der Waals surface area contributed by atoms with E-state index in [1.807, 2.05) is 28.8 Å². The van der Waals surface area contributed by atoms with Gasteiger partial charge in [-0.1, -0.05) is 6.07 Å². The molecular formula is C17H13N3O3.